The van der Waals surface area contributed by atoms with Gasteiger partial charge in [0.15, 0.2) is 11.6 Å². The molecule has 0 unspecified atom stereocenters. The van der Waals surface area contributed by atoms with E-state index in [1.807, 2.05) is 48.5 Å². The molecule has 0 fully saturated rings. The van der Waals surface area contributed by atoms with Crippen LogP contribution < -0.4 is 5.32 Å². The topological polar surface area (TPSA) is 90.8 Å². The SMILES string of the molecule is O=C(Nc1ccn(Cc2ccccn2)n1)c1cc(-c2ccco2)nn1-c1ccccc1. The van der Waals surface area contributed by atoms with E-state index in [0.29, 0.717) is 29.5 Å². The number of nitrogens with one attached hydrogen (secondary N) is 1. The molecule has 0 spiro atoms. The van der Waals surface area contributed by atoms with Crippen LogP contribution in [-0.4, -0.2) is 30.5 Å². The van der Waals surface area contributed by atoms with E-state index in [1.54, 1.807) is 52.3 Å². The molecule has 1 amide bonds. The van der Waals surface area contributed by atoms with E-state index in [-0.39, 0.29) is 5.91 Å². The van der Waals surface area contributed by atoms with Crippen molar-refractivity contribution in [3.8, 4) is 17.1 Å². The van der Waals surface area contributed by atoms with Crippen LogP contribution in [0.25, 0.3) is 17.1 Å². The number of aromatic nitrogens is 5. The minimum atomic E-state index is -0.322. The van der Waals surface area contributed by atoms with E-state index in [0.717, 1.165) is 11.4 Å². The standard InChI is InChI=1S/C23H18N6O2/c30-23(25-22-11-13-28(27-22)16-17-7-4-5-12-24-17)20-15-19(21-10-6-14-31-21)26-29(20)18-8-2-1-3-9-18/h1-15H,16H2,(H,25,27,30). The predicted molar refractivity (Wildman–Crippen MR) is 115 cm³/mol. The Morgan fingerprint density at radius 3 is 2.61 bits per heavy atom. The largest absolute Gasteiger partial charge is 0.463 e. The monoisotopic (exact) mass is 410 g/mol. The minimum Gasteiger partial charge on any atom is -0.463 e. The van der Waals surface area contributed by atoms with Crippen molar-refractivity contribution in [2.75, 3.05) is 5.32 Å². The molecule has 0 atom stereocenters. The maximum atomic E-state index is 13.1. The number of amides is 1. The van der Waals surface area contributed by atoms with E-state index < -0.39 is 0 Å². The molecule has 8 heteroatoms. The first-order valence-electron chi connectivity index (χ1n) is 9.70. The van der Waals surface area contributed by atoms with Crippen LogP contribution in [0.5, 0.6) is 0 Å². The molecule has 0 aliphatic rings. The molecule has 0 bridgehead atoms. The summed E-state index contributed by atoms with van der Waals surface area (Å²) in [5, 5.41) is 11.9. The van der Waals surface area contributed by atoms with Gasteiger partial charge in [0, 0.05) is 24.5 Å². The lowest BCUT2D eigenvalue weighted by Crippen LogP contribution is -2.17. The molecule has 31 heavy (non-hydrogen) atoms. The normalized spacial score (nSPS) is 10.8. The number of para-hydroxylation sites is 1. The maximum absolute atomic E-state index is 13.1. The molecule has 4 heterocycles. The first-order valence-corrected chi connectivity index (χ1v) is 9.70. The number of rotatable bonds is 6. The van der Waals surface area contributed by atoms with Gasteiger partial charge >= 0.3 is 0 Å². The molecular formula is C23H18N6O2. The smallest absolute Gasteiger partial charge is 0.275 e. The Hall–Kier alpha value is -4.46. The Labute approximate surface area is 177 Å². The van der Waals surface area contributed by atoms with Gasteiger partial charge in [-0.3, -0.25) is 14.5 Å². The highest BCUT2D eigenvalue weighted by atomic mass is 16.3. The summed E-state index contributed by atoms with van der Waals surface area (Å²) in [7, 11) is 0. The van der Waals surface area contributed by atoms with E-state index in [9.17, 15) is 4.79 Å². The van der Waals surface area contributed by atoms with Crippen molar-refractivity contribution in [2.45, 2.75) is 6.54 Å². The number of nitrogens with zero attached hydrogens (tertiary/aromatic N) is 5. The van der Waals surface area contributed by atoms with E-state index in [4.69, 9.17) is 4.42 Å². The van der Waals surface area contributed by atoms with Crippen molar-refractivity contribution >= 4 is 11.7 Å². The van der Waals surface area contributed by atoms with Crippen LogP contribution in [0.2, 0.25) is 0 Å². The van der Waals surface area contributed by atoms with Gasteiger partial charge in [-0.2, -0.15) is 10.2 Å². The van der Waals surface area contributed by atoms with Crippen LogP contribution in [0, 0.1) is 0 Å². The zero-order valence-corrected chi connectivity index (χ0v) is 16.4. The van der Waals surface area contributed by atoms with Crippen molar-refractivity contribution in [2.24, 2.45) is 0 Å². The molecular weight excluding hydrogens is 392 g/mol. The van der Waals surface area contributed by atoms with Gasteiger partial charge in [-0.1, -0.05) is 24.3 Å². The molecule has 8 nitrogen and oxygen atoms in total. The summed E-state index contributed by atoms with van der Waals surface area (Å²) < 4.78 is 8.77. The van der Waals surface area contributed by atoms with Gasteiger partial charge in [0.05, 0.1) is 24.2 Å². The predicted octanol–water partition coefficient (Wildman–Crippen LogP) is 4.02. The van der Waals surface area contributed by atoms with Crippen molar-refractivity contribution in [1.82, 2.24) is 24.5 Å². The summed E-state index contributed by atoms with van der Waals surface area (Å²) in [4.78, 5) is 17.4. The van der Waals surface area contributed by atoms with E-state index >= 15 is 0 Å². The summed E-state index contributed by atoms with van der Waals surface area (Å²) in [6.07, 6.45) is 5.11. The van der Waals surface area contributed by atoms with E-state index in [2.05, 4.69) is 20.5 Å². The van der Waals surface area contributed by atoms with Gasteiger partial charge in [-0.05, 0) is 36.4 Å². The highest BCUT2D eigenvalue weighted by Gasteiger charge is 2.19. The van der Waals surface area contributed by atoms with Crippen LogP contribution in [0.4, 0.5) is 5.82 Å². The summed E-state index contributed by atoms with van der Waals surface area (Å²) in [5.74, 6) is 0.710. The molecule has 0 saturated carbocycles. The van der Waals surface area contributed by atoms with Crippen LogP contribution in [0.15, 0.2) is 95.9 Å². The fourth-order valence-corrected chi connectivity index (χ4v) is 3.21. The summed E-state index contributed by atoms with van der Waals surface area (Å²) in [5.41, 5.74) is 2.59. The lowest BCUT2D eigenvalue weighted by atomic mass is 10.2. The number of hydrogen-bond donors (Lipinski definition) is 1. The molecule has 1 aromatic carbocycles. The molecule has 0 aliphatic heterocycles. The molecule has 1 N–H and O–H groups in total. The maximum Gasteiger partial charge on any atom is 0.275 e. The van der Waals surface area contributed by atoms with Crippen molar-refractivity contribution < 1.29 is 9.21 Å². The number of anilines is 1. The van der Waals surface area contributed by atoms with Crippen LogP contribution in [0.1, 0.15) is 16.2 Å². The fraction of sp³-hybridized carbons (Fsp3) is 0.0435. The second kappa shape index (κ2) is 8.11. The lowest BCUT2D eigenvalue weighted by Gasteiger charge is -2.07. The minimum absolute atomic E-state index is 0.322. The highest BCUT2D eigenvalue weighted by molar-refractivity contribution is 6.03. The zero-order valence-electron chi connectivity index (χ0n) is 16.4. The van der Waals surface area contributed by atoms with Crippen LogP contribution in [0.3, 0.4) is 0 Å². The van der Waals surface area contributed by atoms with Gasteiger partial charge in [0.25, 0.3) is 5.91 Å². The van der Waals surface area contributed by atoms with Gasteiger partial charge in [0.2, 0.25) is 0 Å². The number of furan rings is 1. The first kappa shape index (κ1) is 18.6. The third-order valence-corrected chi connectivity index (χ3v) is 4.65. The number of pyridine rings is 1. The Morgan fingerprint density at radius 2 is 1.84 bits per heavy atom. The third kappa shape index (κ3) is 3.99. The lowest BCUT2D eigenvalue weighted by molar-refractivity contribution is 0.101. The first-order chi connectivity index (χ1) is 15.3. The molecule has 152 valence electrons. The Bertz CT molecular complexity index is 1290. The van der Waals surface area contributed by atoms with Crippen molar-refractivity contribution in [3.63, 3.8) is 0 Å². The molecule has 5 rings (SSSR count). The number of carbonyl (C=O) groups excluding carboxylic acids is 1. The number of carbonyl (C=O) groups is 1. The average Bonchev–Trinajstić information content (AvgIpc) is 3.56. The Kier molecular flexibility index (Phi) is 4.86. The molecule has 0 radical (unpaired) electrons. The molecule has 0 aliphatic carbocycles. The van der Waals surface area contributed by atoms with Gasteiger partial charge in [0.1, 0.15) is 11.4 Å². The molecule has 4 aromatic heterocycles. The summed E-state index contributed by atoms with van der Waals surface area (Å²) in [6, 6.07) is 22.2. The van der Waals surface area contributed by atoms with Gasteiger partial charge in [-0.15, -0.1) is 0 Å². The Balaban J connectivity index is 1.41. The quantitative estimate of drug-likeness (QED) is 0.456. The van der Waals surface area contributed by atoms with E-state index in [1.165, 1.54) is 0 Å². The molecule has 5 aromatic rings. The van der Waals surface area contributed by atoms with Crippen LogP contribution >= 0.6 is 0 Å². The van der Waals surface area contributed by atoms with Crippen molar-refractivity contribution in [3.05, 3.63) is 103 Å². The van der Waals surface area contributed by atoms with Crippen LogP contribution in [-0.2, 0) is 6.54 Å². The second-order valence-electron chi connectivity index (χ2n) is 6.81. The Morgan fingerprint density at radius 1 is 0.968 bits per heavy atom. The summed E-state index contributed by atoms with van der Waals surface area (Å²) >= 11 is 0. The van der Waals surface area contributed by atoms with Gasteiger partial charge < -0.3 is 9.73 Å². The van der Waals surface area contributed by atoms with Gasteiger partial charge in [-0.25, -0.2) is 4.68 Å². The van der Waals surface area contributed by atoms with Crippen molar-refractivity contribution in [1.29, 1.82) is 0 Å². The fourth-order valence-electron chi connectivity index (χ4n) is 3.21. The zero-order chi connectivity index (χ0) is 21.0. The molecule has 0 saturated heterocycles. The number of hydrogen-bond acceptors (Lipinski definition) is 5. The summed E-state index contributed by atoms with van der Waals surface area (Å²) in [6.45, 7) is 0.515. The third-order valence-electron chi connectivity index (χ3n) is 4.65. The second-order valence-corrected chi connectivity index (χ2v) is 6.81. The average molecular weight is 410 g/mol. The number of benzene rings is 1. The highest BCUT2D eigenvalue weighted by Crippen LogP contribution is 2.23.